The zero-order valence-electron chi connectivity index (χ0n) is 9.64. The van der Waals surface area contributed by atoms with Gasteiger partial charge in [-0.15, -0.1) is 0 Å². The third-order valence-electron chi connectivity index (χ3n) is 2.80. The van der Waals surface area contributed by atoms with E-state index in [4.69, 9.17) is 9.52 Å². The predicted octanol–water partition coefficient (Wildman–Crippen LogP) is 2.96. The zero-order chi connectivity index (χ0) is 12.3. The van der Waals surface area contributed by atoms with Crippen LogP contribution in [0.4, 0.5) is 5.69 Å². The summed E-state index contributed by atoms with van der Waals surface area (Å²) in [6.07, 6.45) is 2.25. The van der Waals surface area contributed by atoms with Crippen LogP contribution >= 0.6 is 0 Å². The van der Waals surface area contributed by atoms with Crippen LogP contribution in [0, 0.1) is 5.92 Å². The van der Waals surface area contributed by atoms with E-state index in [9.17, 15) is 4.79 Å². The van der Waals surface area contributed by atoms with Gasteiger partial charge in [0.1, 0.15) is 11.8 Å². The Morgan fingerprint density at radius 1 is 1.47 bits per heavy atom. The van der Waals surface area contributed by atoms with Gasteiger partial charge in [0.05, 0.1) is 11.6 Å². The molecule has 17 heavy (non-hydrogen) atoms. The lowest BCUT2D eigenvalue weighted by atomic mass is 10.1. The SMILES string of the molecule is CC(CCNc1coc2ccccc12)C(=O)O. The second-order valence-electron chi connectivity index (χ2n) is 4.10. The van der Waals surface area contributed by atoms with Crippen molar-refractivity contribution >= 4 is 22.6 Å². The summed E-state index contributed by atoms with van der Waals surface area (Å²) in [5, 5.41) is 13.0. The van der Waals surface area contributed by atoms with E-state index in [-0.39, 0.29) is 5.92 Å². The molecule has 0 aliphatic rings. The maximum Gasteiger partial charge on any atom is 0.306 e. The van der Waals surface area contributed by atoms with Crippen molar-refractivity contribution < 1.29 is 14.3 Å². The second kappa shape index (κ2) is 4.91. The van der Waals surface area contributed by atoms with Gasteiger partial charge < -0.3 is 14.8 Å². The largest absolute Gasteiger partial charge is 0.481 e. The fourth-order valence-corrected chi connectivity index (χ4v) is 1.66. The molecule has 0 saturated carbocycles. The number of carboxylic acid groups (broad SMARTS) is 1. The van der Waals surface area contributed by atoms with E-state index in [0.29, 0.717) is 13.0 Å². The van der Waals surface area contributed by atoms with Crippen LogP contribution in [0.3, 0.4) is 0 Å². The van der Waals surface area contributed by atoms with Gasteiger partial charge >= 0.3 is 5.97 Å². The minimum atomic E-state index is -0.760. The summed E-state index contributed by atoms with van der Waals surface area (Å²) in [5.74, 6) is -1.09. The van der Waals surface area contributed by atoms with Gasteiger partial charge in [0.15, 0.2) is 0 Å². The van der Waals surface area contributed by atoms with Crippen molar-refractivity contribution in [2.24, 2.45) is 5.92 Å². The summed E-state index contributed by atoms with van der Waals surface area (Å²) in [5.41, 5.74) is 1.75. The first-order chi connectivity index (χ1) is 8.18. The smallest absolute Gasteiger partial charge is 0.306 e. The Kier molecular flexibility index (Phi) is 3.32. The van der Waals surface area contributed by atoms with Crippen LogP contribution in [0.2, 0.25) is 0 Å². The van der Waals surface area contributed by atoms with E-state index in [1.807, 2.05) is 24.3 Å². The van der Waals surface area contributed by atoms with E-state index >= 15 is 0 Å². The minimum Gasteiger partial charge on any atom is -0.481 e. The third-order valence-corrected chi connectivity index (χ3v) is 2.80. The monoisotopic (exact) mass is 233 g/mol. The van der Waals surface area contributed by atoms with Crippen molar-refractivity contribution in [2.75, 3.05) is 11.9 Å². The first kappa shape index (κ1) is 11.5. The Labute approximate surface area is 99.2 Å². The lowest BCUT2D eigenvalue weighted by molar-refractivity contribution is -0.141. The van der Waals surface area contributed by atoms with Crippen LogP contribution in [0.5, 0.6) is 0 Å². The van der Waals surface area contributed by atoms with Gasteiger partial charge in [0.2, 0.25) is 0 Å². The fraction of sp³-hybridized carbons (Fsp3) is 0.308. The number of hydrogen-bond acceptors (Lipinski definition) is 3. The fourth-order valence-electron chi connectivity index (χ4n) is 1.66. The summed E-state index contributed by atoms with van der Waals surface area (Å²) in [6.45, 7) is 2.33. The molecule has 1 heterocycles. The van der Waals surface area contributed by atoms with Crippen molar-refractivity contribution in [1.29, 1.82) is 0 Å². The van der Waals surface area contributed by atoms with Gasteiger partial charge in [-0.05, 0) is 18.6 Å². The molecule has 4 nitrogen and oxygen atoms in total. The first-order valence-corrected chi connectivity index (χ1v) is 5.61. The number of fused-ring (bicyclic) bond motifs is 1. The Morgan fingerprint density at radius 3 is 3.00 bits per heavy atom. The number of furan rings is 1. The highest BCUT2D eigenvalue weighted by atomic mass is 16.4. The molecular formula is C13H15NO3. The van der Waals surface area contributed by atoms with Gasteiger partial charge in [0, 0.05) is 11.9 Å². The lowest BCUT2D eigenvalue weighted by Crippen LogP contribution is -2.14. The molecule has 1 unspecified atom stereocenters. The number of rotatable bonds is 5. The van der Waals surface area contributed by atoms with Crippen LogP contribution < -0.4 is 5.32 Å². The summed E-state index contributed by atoms with van der Waals surface area (Å²) in [6, 6.07) is 7.74. The van der Waals surface area contributed by atoms with Crippen molar-refractivity contribution in [1.82, 2.24) is 0 Å². The maximum atomic E-state index is 10.7. The van der Waals surface area contributed by atoms with Gasteiger partial charge in [-0.3, -0.25) is 4.79 Å². The number of carbonyl (C=O) groups is 1. The third kappa shape index (κ3) is 2.58. The Hall–Kier alpha value is -1.97. The van der Waals surface area contributed by atoms with E-state index in [0.717, 1.165) is 16.7 Å². The maximum absolute atomic E-state index is 10.7. The molecule has 90 valence electrons. The number of nitrogens with one attached hydrogen (secondary N) is 1. The van der Waals surface area contributed by atoms with Crippen LogP contribution in [-0.4, -0.2) is 17.6 Å². The van der Waals surface area contributed by atoms with E-state index in [2.05, 4.69) is 5.32 Å². The highest BCUT2D eigenvalue weighted by molar-refractivity contribution is 5.90. The molecule has 1 aromatic carbocycles. The van der Waals surface area contributed by atoms with Crippen molar-refractivity contribution in [3.05, 3.63) is 30.5 Å². The molecule has 0 aliphatic heterocycles. The van der Waals surface area contributed by atoms with Gasteiger partial charge in [-0.2, -0.15) is 0 Å². The Balaban J connectivity index is 1.98. The average molecular weight is 233 g/mol. The van der Waals surface area contributed by atoms with E-state index < -0.39 is 5.97 Å². The van der Waals surface area contributed by atoms with Gasteiger partial charge in [0.25, 0.3) is 0 Å². The number of anilines is 1. The molecule has 4 heteroatoms. The number of aliphatic carboxylic acids is 1. The minimum absolute atomic E-state index is 0.333. The quantitative estimate of drug-likeness (QED) is 0.833. The zero-order valence-corrected chi connectivity index (χ0v) is 9.64. The molecule has 0 fully saturated rings. The van der Waals surface area contributed by atoms with Crippen LogP contribution in [-0.2, 0) is 4.79 Å². The Morgan fingerprint density at radius 2 is 2.24 bits per heavy atom. The first-order valence-electron chi connectivity index (χ1n) is 5.61. The predicted molar refractivity (Wildman–Crippen MR) is 66.1 cm³/mol. The molecule has 0 aliphatic carbocycles. The summed E-state index contributed by atoms with van der Waals surface area (Å²) >= 11 is 0. The number of hydrogen-bond donors (Lipinski definition) is 2. The summed E-state index contributed by atoms with van der Waals surface area (Å²) in [4.78, 5) is 10.7. The Bertz CT molecular complexity index is 518. The summed E-state index contributed by atoms with van der Waals surface area (Å²) < 4.78 is 5.38. The summed E-state index contributed by atoms with van der Waals surface area (Å²) in [7, 11) is 0. The highest BCUT2D eigenvalue weighted by Gasteiger charge is 2.10. The normalized spacial score (nSPS) is 12.5. The molecule has 2 rings (SSSR count). The molecule has 0 amide bonds. The average Bonchev–Trinajstić information content (AvgIpc) is 2.72. The lowest BCUT2D eigenvalue weighted by Gasteiger charge is -2.07. The number of para-hydroxylation sites is 1. The van der Waals surface area contributed by atoms with E-state index in [1.165, 1.54) is 0 Å². The number of benzene rings is 1. The molecule has 0 bridgehead atoms. The van der Waals surface area contributed by atoms with Gasteiger partial charge in [-0.1, -0.05) is 19.1 Å². The van der Waals surface area contributed by atoms with Gasteiger partial charge in [-0.25, -0.2) is 0 Å². The standard InChI is InChI=1S/C13H15NO3/c1-9(13(15)16)6-7-14-11-8-17-12-5-3-2-4-10(11)12/h2-5,8-9,14H,6-7H2,1H3,(H,15,16). The van der Waals surface area contributed by atoms with Crippen molar-refractivity contribution in [3.63, 3.8) is 0 Å². The topological polar surface area (TPSA) is 62.5 Å². The molecule has 2 N–H and O–H groups in total. The molecule has 0 radical (unpaired) electrons. The molecule has 0 spiro atoms. The molecule has 0 saturated heterocycles. The van der Waals surface area contributed by atoms with Crippen LogP contribution in [0.1, 0.15) is 13.3 Å². The molecule has 1 atom stereocenters. The highest BCUT2D eigenvalue weighted by Crippen LogP contribution is 2.25. The molecule has 1 aromatic heterocycles. The van der Waals surface area contributed by atoms with Crippen molar-refractivity contribution in [3.8, 4) is 0 Å². The molecule has 2 aromatic rings. The van der Waals surface area contributed by atoms with Crippen LogP contribution in [0.15, 0.2) is 34.9 Å². The second-order valence-corrected chi connectivity index (χ2v) is 4.10. The number of carboxylic acids is 1. The van der Waals surface area contributed by atoms with Crippen LogP contribution in [0.25, 0.3) is 11.0 Å². The molecular weight excluding hydrogens is 218 g/mol. The van der Waals surface area contributed by atoms with Crippen molar-refractivity contribution in [2.45, 2.75) is 13.3 Å². The van der Waals surface area contributed by atoms with E-state index in [1.54, 1.807) is 13.2 Å².